The number of ether oxygens (including phenoxy) is 1. The first-order chi connectivity index (χ1) is 14.5. The molecule has 30 heavy (non-hydrogen) atoms. The number of nitrogens with one attached hydrogen (secondary N) is 1. The summed E-state index contributed by atoms with van der Waals surface area (Å²) in [7, 11) is 1.86. The Morgan fingerprint density at radius 2 is 1.93 bits per heavy atom. The standard InChI is InChI=1S/C21H23N5O3S/c1-4-29-20(28)16-6-5-14(2)17(11-16)12-23-18(27)13-30-21-25-24-19(26(21)3)15-7-9-22-10-8-15/h5-11H,4,12-13H2,1-3H3,(H,23,27). The molecule has 0 spiro atoms. The number of carbonyl (C=O) groups excluding carboxylic acids is 2. The molecule has 0 saturated carbocycles. The Balaban J connectivity index is 1.57. The third kappa shape index (κ3) is 5.24. The number of thioether (sulfide) groups is 1. The van der Waals surface area contributed by atoms with Crippen LogP contribution in [0.15, 0.2) is 47.9 Å². The second-order valence-corrected chi connectivity index (χ2v) is 7.47. The van der Waals surface area contributed by atoms with Gasteiger partial charge in [0.2, 0.25) is 5.91 Å². The largest absolute Gasteiger partial charge is 0.462 e. The van der Waals surface area contributed by atoms with Gasteiger partial charge >= 0.3 is 5.97 Å². The van der Waals surface area contributed by atoms with Gasteiger partial charge in [-0.1, -0.05) is 17.8 Å². The second-order valence-electron chi connectivity index (χ2n) is 6.53. The third-order valence-electron chi connectivity index (χ3n) is 4.44. The lowest BCUT2D eigenvalue weighted by Gasteiger charge is -2.10. The molecule has 0 bridgehead atoms. The number of amides is 1. The van der Waals surface area contributed by atoms with Crippen LogP contribution in [0.5, 0.6) is 0 Å². The molecule has 156 valence electrons. The molecule has 2 aromatic heterocycles. The van der Waals surface area contributed by atoms with Gasteiger partial charge in [-0.3, -0.25) is 9.78 Å². The van der Waals surface area contributed by atoms with Gasteiger partial charge in [0, 0.05) is 31.5 Å². The van der Waals surface area contributed by atoms with Crippen molar-refractivity contribution in [1.82, 2.24) is 25.1 Å². The highest BCUT2D eigenvalue weighted by Crippen LogP contribution is 2.22. The van der Waals surface area contributed by atoms with Crippen LogP contribution in [-0.2, 0) is 23.1 Å². The molecule has 0 fully saturated rings. The van der Waals surface area contributed by atoms with Gasteiger partial charge in [-0.15, -0.1) is 10.2 Å². The van der Waals surface area contributed by atoms with Crippen molar-refractivity contribution >= 4 is 23.6 Å². The van der Waals surface area contributed by atoms with Crippen LogP contribution < -0.4 is 5.32 Å². The number of rotatable bonds is 8. The minimum absolute atomic E-state index is 0.130. The lowest BCUT2D eigenvalue weighted by molar-refractivity contribution is -0.118. The number of benzene rings is 1. The maximum absolute atomic E-state index is 12.3. The Morgan fingerprint density at radius 3 is 2.67 bits per heavy atom. The number of hydrogen-bond acceptors (Lipinski definition) is 7. The van der Waals surface area contributed by atoms with E-state index in [0.29, 0.717) is 29.7 Å². The molecule has 3 aromatic rings. The van der Waals surface area contributed by atoms with E-state index in [1.54, 1.807) is 31.5 Å². The minimum Gasteiger partial charge on any atom is -0.462 e. The molecule has 0 atom stereocenters. The van der Waals surface area contributed by atoms with Gasteiger partial charge in [0.25, 0.3) is 0 Å². The van der Waals surface area contributed by atoms with Gasteiger partial charge in [0.15, 0.2) is 11.0 Å². The molecule has 1 N–H and O–H groups in total. The highest BCUT2D eigenvalue weighted by atomic mass is 32.2. The zero-order valence-corrected chi connectivity index (χ0v) is 17.9. The summed E-state index contributed by atoms with van der Waals surface area (Å²) in [5.41, 5.74) is 3.25. The normalized spacial score (nSPS) is 10.6. The summed E-state index contributed by atoms with van der Waals surface area (Å²) < 4.78 is 6.88. The van der Waals surface area contributed by atoms with Gasteiger partial charge in [-0.25, -0.2) is 4.79 Å². The molecule has 8 nitrogen and oxygen atoms in total. The average Bonchev–Trinajstić information content (AvgIpc) is 3.12. The Hall–Kier alpha value is -3.20. The van der Waals surface area contributed by atoms with Crippen LogP contribution in [0.3, 0.4) is 0 Å². The summed E-state index contributed by atoms with van der Waals surface area (Å²) >= 11 is 1.31. The lowest BCUT2D eigenvalue weighted by atomic mass is 10.0. The molecule has 0 aliphatic rings. The quantitative estimate of drug-likeness (QED) is 0.438. The maximum Gasteiger partial charge on any atom is 0.338 e. The maximum atomic E-state index is 12.3. The summed E-state index contributed by atoms with van der Waals surface area (Å²) in [5.74, 6) is 0.424. The number of hydrogen-bond donors (Lipinski definition) is 1. The predicted octanol–water partition coefficient (Wildman–Crippen LogP) is 2.77. The summed E-state index contributed by atoms with van der Waals surface area (Å²) in [6.45, 7) is 4.36. The fourth-order valence-electron chi connectivity index (χ4n) is 2.77. The number of pyridine rings is 1. The SMILES string of the molecule is CCOC(=O)c1ccc(C)c(CNC(=O)CSc2nnc(-c3ccncc3)n2C)c1. The summed E-state index contributed by atoms with van der Waals surface area (Å²) in [6.07, 6.45) is 3.40. The molecular formula is C21H23N5O3S. The second kappa shape index (κ2) is 10.0. The monoisotopic (exact) mass is 425 g/mol. The highest BCUT2D eigenvalue weighted by Gasteiger charge is 2.14. The first-order valence-electron chi connectivity index (χ1n) is 9.45. The molecule has 0 unspecified atom stereocenters. The van der Waals surface area contributed by atoms with Crippen molar-refractivity contribution < 1.29 is 14.3 Å². The summed E-state index contributed by atoms with van der Waals surface area (Å²) in [4.78, 5) is 28.2. The van der Waals surface area contributed by atoms with Crippen LogP contribution in [-0.4, -0.2) is 44.0 Å². The van der Waals surface area contributed by atoms with Crippen molar-refractivity contribution in [2.45, 2.75) is 25.5 Å². The van der Waals surface area contributed by atoms with Crippen LogP contribution in [0.4, 0.5) is 0 Å². The predicted molar refractivity (Wildman–Crippen MR) is 114 cm³/mol. The molecule has 1 amide bonds. The highest BCUT2D eigenvalue weighted by molar-refractivity contribution is 7.99. The molecule has 0 aliphatic carbocycles. The van der Waals surface area contributed by atoms with Crippen molar-refractivity contribution in [3.8, 4) is 11.4 Å². The molecule has 2 heterocycles. The van der Waals surface area contributed by atoms with Gasteiger partial charge in [0.1, 0.15) is 0 Å². The molecule has 0 saturated heterocycles. The number of aromatic nitrogens is 4. The van der Waals surface area contributed by atoms with Crippen molar-refractivity contribution in [3.05, 3.63) is 59.4 Å². The van der Waals surface area contributed by atoms with Crippen molar-refractivity contribution in [2.24, 2.45) is 7.05 Å². The van der Waals surface area contributed by atoms with E-state index in [4.69, 9.17) is 4.74 Å². The first kappa shape index (κ1) is 21.5. The number of aryl methyl sites for hydroxylation is 1. The zero-order valence-electron chi connectivity index (χ0n) is 17.1. The van der Waals surface area contributed by atoms with E-state index >= 15 is 0 Å². The topological polar surface area (TPSA) is 99.0 Å². The van der Waals surface area contributed by atoms with Gasteiger partial charge in [-0.2, -0.15) is 0 Å². The zero-order chi connectivity index (χ0) is 21.5. The third-order valence-corrected chi connectivity index (χ3v) is 5.46. The van der Waals surface area contributed by atoms with E-state index in [9.17, 15) is 9.59 Å². The van der Waals surface area contributed by atoms with Crippen LogP contribution >= 0.6 is 11.8 Å². The Labute approximate surface area is 179 Å². The van der Waals surface area contributed by atoms with E-state index in [1.807, 2.05) is 36.7 Å². The molecule has 9 heteroatoms. The fourth-order valence-corrected chi connectivity index (χ4v) is 3.51. The van der Waals surface area contributed by atoms with Crippen molar-refractivity contribution in [3.63, 3.8) is 0 Å². The lowest BCUT2D eigenvalue weighted by Crippen LogP contribution is -2.25. The van der Waals surface area contributed by atoms with Crippen LogP contribution in [0.25, 0.3) is 11.4 Å². The van der Waals surface area contributed by atoms with E-state index in [0.717, 1.165) is 16.7 Å². The van der Waals surface area contributed by atoms with E-state index < -0.39 is 0 Å². The molecule has 0 radical (unpaired) electrons. The average molecular weight is 426 g/mol. The van der Waals surface area contributed by atoms with Gasteiger partial charge in [-0.05, 0) is 49.2 Å². The van der Waals surface area contributed by atoms with E-state index in [2.05, 4.69) is 20.5 Å². The molecular weight excluding hydrogens is 402 g/mol. The Kier molecular flexibility index (Phi) is 7.18. The number of carbonyl (C=O) groups is 2. The van der Waals surface area contributed by atoms with Gasteiger partial charge in [0.05, 0.1) is 17.9 Å². The van der Waals surface area contributed by atoms with Crippen LogP contribution in [0.1, 0.15) is 28.4 Å². The van der Waals surface area contributed by atoms with Crippen molar-refractivity contribution in [2.75, 3.05) is 12.4 Å². The fraction of sp³-hybridized carbons (Fsp3) is 0.286. The first-order valence-corrected chi connectivity index (χ1v) is 10.4. The Morgan fingerprint density at radius 1 is 1.17 bits per heavy atom. The molecule has 3 rings (SSSR count). The Bertz CT molecular complexity index is 1040. The van der Waals surface area contributed by atoms with Crippen LogP contribution in [0.2, 0.25) is 0 Å². The van der Waals surface area contributed by atoms with E-state index in [1.165, 1.54) is 11.8 Å². The van der Waals surface area contributed by atoms with Crippen LogP contribution in [0, 0.1) is 6.92 Å². The van der Waals surface area contributed by atoms with Gasteiger partial charge < -0.3 is 14.6 Å². The van der Waals surface area contributed by atoms with E-state index in [-0.39, 0.29) is 17.6 Å². The summed E-state index contributed by atoms with van der Waals surface area (Å²) in [5, 5.41) is 11.9. The minimum atomic E-state index is -0.368. The summed E-state index contributed by atoms with van der Waals surface area (Å²) in [6, 6.07) is 9.05. The molecule has 1 aromatic carbocycles. The smallest absolute Gasteiger partial charge is 0.338 e. The molecule has 0 aliphatic heterocycles. The number of esters is 1. The van der Waals surface area contributed by atoms with Crippen molar-refractivity contribution in [1.29, 1.82) is 0 Å². The number of nitrogens with zero attached hydrogens (tertiary/aromatic N) is 4.